The minimum atomic E-state index is -0.300. The summed E-state index contributed by atoms with van der Waals surface area (Å²) in [5.74, 6) is 0. The summed E-state index contributed by atoms with van der Waals surface area (Å²) in [5.41, 5.74) is 3.58. The Labute approximate surface area is 138 Å². The van der Waals surface area contributed by atoms with Crippen molar-refractivity contribution in [2.75, 3.05) is 0 Å². The minimum Gasteiger partial charge on any atom is -0.456 e. The van der Waals surface area contributed by atoms with Crippen molar-refractivity contribution in [3.63, 3.8) is 0 Å². The normalized spacial score (nSPS) is 11.0. The number of hydrogen-bond donors (Lipinski definition) is 0. The third-order valence-corrected chi connectivity index (χ3v) is 4.32. The van der Waals surface area contributed by atoms with Gasteiger partial charge < -0.3 is 4.42 Å². The standard InChI is InChI=1S/C20H14N2O2/c1-12-9-13(2)22(20(23)17(12)11-21)14-7-8-16-15-5-3-4-6-18(15)24-19(16)10-14/h3-10H,1-2H3. The Bertz CT molecular complexity index is 1210. The number of hydrogen-bond acceptors (Lipinski definition) is 3. The van der Waals surface area contributed by atoms with E-state index in [1.807, 2.05) is 61.5 Å². The second-order valence-electron chi connectivity index (χ2n) is 5.87. The Morgan fingerprint density at radius 1 is 1.00 bits per heavy atom. The van der Waals surface area contributed by atoms with Gasteiger partial charge in [0.1, 0.15) is 22.8 Å². The fraction of sp³-hybridized carbons (Fsp3) is 0.100. The van der Waals surface area contributed by atoms with Gasteiger partial charge in [0.2, 0.25) is 0 Å². The number of nitrogens with zero attached hydrogens (tertiary/aromatic N) is 2. The van der Waals surface area contributed by atoms with E-state index in [0.717, 1.165) is 27.6 Å². The summed E-state index contributed by atoms with van der Waals surface area (Å²) in [6.07, 6.45) is 0. The van der Waals surface area contributed by atoms with Crippen LogP contribution in [0.5, 0.6) is 0 Å². The van der Waals surface area contributed by atoms with Crippen LogP contribution in [0, 0.1) is 25.2 Å². The molecule has 0 aliphatic carbocycles. The largest absolute Gasteiger partial charge is 0.456 e. The molecule has 2 heterocycles. The highest BCUT2D eigenvalue weighted by atomic mass is 16.3. The first-order valence-electron chi connectivity index (χ1n) is 7.65. The van der Waals surface area contributed by atoms with E-state index in [0.29, 0.717) is 11.3 Å². The number of aromatic nitrogens is 1. The summed E-state index contributed by atoms with van der Waals surface area (Å²) in [5, 5.41) is 11.3. The molecule has 0 aliphatic rings. The molecular formula is C20H14N2O2. The quantitative estimate of drug-likeness (QED) is 0.528. The molecule has 0 spiro atoms. The molecular weight excluding hydrogens is 300 g/mol. The van der Waals surface area contributed by atoms with E-state index in [2.05, 4.69) is 0 Å². The van der Waals surface area contributed by atoms with Gasteiger partial charge in [0.05, 0.1) is 5.69 Å². The molecule has 4 rings (SSSR count). The van der Waals surface area contributed by atoms with Crippen LogP contribution in [0.4, 0.5) is 0 Å². The molecule has 0 unspecified atom stereocenters. The highest BCUT2D eigenvalue weighted by molar-refractivity contribution is 6.05. The Hall–Kier alpha value is -3.32. The zero-order valence-corrected chi connectivity index (χ0v) is 13.3. The molecule has 0 saturated carbocycles. The van der Waals surface area contributed by atoms with Crippen LogP contribution in [0.1, 0.15) is 16.8 Å². The van der Waals surface area contributed by atoms with Gasteiger partial charge >= 0.3 is 0 Å². The smallest absolute Gasteiger partial charge is 0.273 e. The monoisotopic (exact) mass is 314 g/mol. The first kappa shape index (κ1) is 14.3. The fourth-order valence-corrected chi connectivity index (χ4v) is 3.20. The fourth-order valence-electron chi connectivity index (χ4n) is 3.20. The van der Waals surface area contributed by atoms with Crippen molar-refractivity contribution < 1.29 is 4.42 Å². The average molecular weight is 314 g/mol. The lowest BCUT2D eigenvalue weighted by molar-refractivity contribution is 0.668. The molecule has 0 fully saturated rings. The molecule has 0 saturated heterocycles. The van der Waals surface area contributed by atoms with E-state index in [4.69, 9.17) is 4.42 Å². The molecule has 0 bridgehead atoms. The van der Waals surface area contributed by atoms with Gasteiger partial charge in [0.15, 0.2) is 0 Å². The third kappa shape index (κ3) is 1.95. The van der Waals surface area contributed by atoms with E-state index in [1.165, 1.54) is 0 Å². The van der Waals surface area contributed by atoms with Crippen LogP contribution in [0.15, 0.2) is 57.7 Å². The van der Waals surface area contributed by atoms with Gasteiger partial charge in [-0.15, -0.1) is 0 Å². The second-order valence-corrected chi connectivity index (χ2v) is 5.87. The Balaban J connectivity index is 2.03. The van der Waals surface area contributed by atoms with Crippen LogP contribution in [0.3, 0.4) is 0 Å². The molecule has 24 heavy (non-hydrogen) atoms. The maximum Gasteiger partial charge on any atom is 0.273 e. The lowest BCUT2D eigenvalue weighted by atomic mass is 10.1. The van der Waals surface area contributed by atoms with Crippen LogP contribution in [0.25, 0.3) is 27.6 Å². The number of nitriles is 1. The Morgan fingerprint density at radius 2 is 1.75 bits per heavy atom. The highest BCUT2D eigenvalue weighted by Gasteiger charge is 2.13. The van der Waals surface area contributed by atoms with Crippen molar-refractivity contribution in [3.8, 4) is 11.8 Å². The first-order valence-corrected chi connectivity index (χ1v) is 7.65. The predicted octanol–water partition coefficient (Wildman–Crippen LogP) is 4.23. The summed E-state index contributed by atoms with van der Waals surface area (Å²) in [6, 6.07) is 17.4. The molecule has 0 atom stereocenters. The first-order chi connectivity index (χ1) is 11.6. The summed E-state index contributed by atoms with van der Waals surface area (Å²) in [4.78, 5) is 12.7. The number of rotatable bonds is 1. The van der Waals surface area contributed by atoms with Crippen LogP contribution in [-0.2, 0) is 0 Å². The third-order valence-electron chi connectivity index (χ3n) is 4.32. The van der Waals surface area contributed by atoms with Gasteiger partial charge in [0, 0.05) is 22.5 Å². The van der Waals surface area contributed by atoms with E-state index < -0.39 is 0 Å². The van der Waals surface area contributed by atoms with Crippen molar-refractivity contribution in [3.05, 3.63) is 75.7 Å². The van der Waals surface area contributed by atoms with E-state index in [9.17, 15) is 10.1 Å². The molecule has 0 N–H and O–H groups in total. The number of pyridine rings is 1. The topological polar surface area (TPSA) is 58.9 Å². The highest BCUT2D eigenvalue weighted by Crippen LogP contribution is 2.30. The van der Waals surface area contributed by atoms with Gasteiger partial charge in [-0.3, -0.25) is 9.36 Å². The SMILES string of the molecule is Cc1cc(C)n(-c2ccc3c(c2)oc2ccccc23)c(=O)c1C#N. The number of furan rings is 1. The number of fused-ring (bicyclic) bond motifs is 3. The summed E-state index contributed by atoms with van der Waals surface area (Å²) in [6.45, 7) is 3.64. The zero-order chi connectivity index (χ0) is 16.8. The van der Waals surface area contributed by atoms with Gasteiger partial charge in [0.25, 0.3) is 5.56 Å². The Morgan fingerprint density at radius 3 is 2.54 bits per heavy atom. The molecule has 4 heteroatoms. The lowest BCUT2D eigenvalue weighted by Crippen LogP contribution is -2.24. The molecule has 0 amide bonds. The van der Waals surface area contributed by atoms with Crippen molar-refractivity contribution in [2.24, 2.45) is 0 Å². The van der Waals surface area contributed by atoms with Crippen LogP contribution in [-0.4, -0.2) is 4.57 Å². The Kier molecular flexibility index (Phi) is 3.04. The van der Waals surface area contributed by atoms with Crippen molar-refractivity contribution in [1.82, 2.24) is 4.57 Å². The van der Waals surface area contributed by atoms with Crippen molar-refractivity contribution >= 4 is 21.9 Å². The minimum absolute atomic E-state index is 0.172. The molecule has 0 radical (unpaired) electrons. The summed E-state index contributed by atoms with van der Waals surface area (Å²) >= 11 is 0. The van der Waals surface area contributed by atoms with E-state index in [-0.39, 0.29) is 11.1 Å². The van der Waals surface area contributed by atoms with Crippen LogP contribution >= 0.6 is 0 Å². The van der Waals surface area contributed by atoms with E-state index >= 15 is 0 Å². The molecule has 4 nitrogen and oxygen atoms in total. The number of para-hydroxylation sites is 1. The predicted molar refractivity (Wildman–Crippen MR) is 93.5 cm³/mol. The van der Waals surface area contributed by atoms with Crippen LogP contribution in [0.2, 0.25) is 0 Å². The van der Waals surface area contributed by atoms with Gasteiger partial charge in [-0.2, -0.15) is 5.26 Å². The van der Waals surface area contributed by atoms with Gasteiger partial charge in [-0.05, 0) is 43.7 Å². The van der Waals surface area contributed by atoms with Crippen LogP contribution < -0.4 is 5.56 Å². The molecule has 116 valence electrons. The number of benzene rings is 2. The molecule has 2 aromatic carbocycles. The molecule has 4 aromatic rings. The summed E-state index contributed by atoms with van der Waals surface area (Å²) < 4.78 is 7.45. The average Bonchev–Trinajstić information content (AvgIpc) is 2.92. The maximum atomic E-state index is 12.7. The number of aryl methyl sites for hydroxylation is 2. The summed E-state index contributed by atoms with van der Waals surface area (Å²) in [7, 11) is 0. The van der Waals surface area contributed by atoms with Crippen molar-refractivity contribution in [2.45, 2.75) is 13.8 Å². The second kappa shape index (κ2) is 5.10. The molecule has 0 aliphatic heterocycles. The van der Waals surface area contributed by atoms with Crippen molar-refractivity contribution in [1.29, 1.82) is 5.26 Å². The zero-order valence-electron chi connectivity index (χ0n) is 13.3. The van der Waals surface area contributed by atoms with E-state index in [1.54, 1.807) is 11.5 Å². The molecule has 2 aromatic heterocycles. The maximum absolute atomic E-state index is 12.7. The van der Waals surface area contributed by atoms with Gasteiger partial charge in [-0.1, -0.05) is 18.2 Å². The van der Waals surface area contributed by atoms with Gasteiger partial charge in [-0.25, -0.2) is 0 Å². The lowest BCUT2D eigenvalue weighted by Gasteiger charge is -2.11.